The van der Waals surface area contributed by atoms with E-state index in [-0.39, 0.29) is 5.79 Å². The fourth-order valence-corrected chi connectivity index (χ4v) is 3.24. The summed E-state index contributed by atoms with van der Waals surface area (Å²) in [7, 11) is 0. The lowest BCUT2D eigenvalue weighted by Gasteiger charge is -2.31. The fraction of sp³-hybridized carbons (Fsp3) is 1.00. The van der Waals surface area contributed by atoms with Gasteiger partial charge in [0.15, 0.2) is 5.79 Å². The molecular formula is C12H20O2. The molecule has 0 unspecified atom stereocenters. The van der Waals surface area contributed by atoms with Gasteiger partial charge in [-0.3, -0.25) is 0 Å². The maximum absolute atomic E-state index is 6.17. The van der Waals surface area contributed by atoms with Gasteiger partial charge in [0.25, 0.3) is 0 Å². The van der Waals surface area contributed by atoms with Crippen LogP contribution < -0.4 is 0 Å². The SMILES string of the molecule is C1CCC2(CC1)O[C@H]1CCCC[C@H]1O2. The molecule has 0 bridgehead atoms. The number of rotatable bonds is 0. The molecule has 0 amide bonds. The van der Waals surface area contributed by atoms with E-state index < -0.39 is 0 Å². The molecule has 1 heterocycles. The average molecular weight is 196 g/mol. The van der Waals surface area contributed by atoms with Crippen LogP contribution in [0.15, 0.2) is 0 Å². The third-order valence-electron chi connectivity index (χ3n) is 3.99. The first kappa shape index (κ1) is 9.17. The average Bonchev–Trinajstić information content (AvgIpc) is 2.56. The van der Waals surface area contributed by atoms with Gasteiger partial charge in [0.2, 0.25) is 0 Å². The summed E-state index contributed by atoms with van der Waals surface area (Å²) < 4.78 is 12.3. The Balaban J connectivity index is 1.71. The predicted octanol–water partition coefficient (Wildman–Crippen LogP) is 3.00. The summed E-state index contributed by atoms with van der Waals surface area (Å²) in [6, 6.07) is 0. The van der Waals surface area contributed by atoms with Gasteiger partial charge in [0.1, 0.15) is 0 Å². The van der Waals surface area contributed by atoms with E-state index >= 15 is 0 Å². The van der Waals surface area contributed by atoms with Crippen molar-refractivity contribution in [2.24, 2.45) is 0 Å². The van der Waals surface area contributed by atoms with Crippen LogP contribution in [0.5, 0.6) is 0 Å². The lowest BCUT2D eigenvalue weighted by molar-refractivity contribution is -0.193. The van der Waals surface area contributed by atoms with E-state index in [1.807, 2.05) is 0 Å². The standard InChI is InChI=1S/C12H20O2/c1-4-8-12(9-5-1)13-10-6-2-3-7-11(10)14-12/h10-11H,1-9H2/t10-,11+. The van der Waals surface area contributed by atoms with Gasteiger partial charge in [-0.2, -0.15) is 0 Å². The molecule has 0 radical (unpaired) electrons. The Bertz CT molecular complexity index is 192. The van der Waals surface area contributed by atoms with Crippen LogP contribution in [0, 0.1) is 0 Å². The Hall–Kier alpha value is -0.0800. The first-order valence-electron chi connectivity index (χ1n) is 6.24. The molecule has 14 heavy (non-hydrogen) atoms. The molecular weight excluding hydrogens is 176 g/mol. The van der Waals surface area contributed by atoms with Gasteiger partial charge in [-0.15, -0.1) is 0 Å². The van der Waals surface area contributed by atoms with Crippen LogP contribution in [0.4, 0.5) is 0 Å². The third kappa shape index (κ3) is 1.49. The van der Waals surface area contributed by atoms with Gasteiger partial charge in [-0.1, -0.05) is 19.3 Å². The minimum atomic E-state index is -0.141. The topological polar surface area (TPSA) is 18.5 Å². The first-order chi connectivity index (χ1) is 6.88. The molecule has 1 spiro atoms. The van der Waals surface area contributed by atoms with Gasteiger partial charge in [-0.25, -0.2) is 0 Å². The molecule has 2 aliphatic carbocycles. The molecule has 2 atom stereocenters. The molecule has 1 aliphatic heterocycles. The lowest BCUT2D eigenvalue weighted by atomic mass is 9.94. The molecule has 80 valence electrons. The van der Waals surface area contributed by atoms with Crippen LogP contribution in [-0.2, 0) is 9.47 Å². The maximum atomic E-state index is 6.17. The molecule has 2 heteroatoms. The molecule has 1 saturated heterocycles. The van der Waals surface area contributed by atoms with Crippen LogP contribution >= 0.6 is 0 Å². The second-order valence-electron chi connectivity index (χ2n) is 5.07. The van der Waals surface area contributed by atoms with Crippen molar-refractivity contribution in [3.8, 4) is 0 Å². The molecule has 2 saturated carbocycles. The molecule has 0 aromatic rings. The Morgan fingerprint density at radius 1 is 0.714 bits per heavy atom. The highest BCUT2D eigenvalue weighted by molar-refractivity contribution is 4.90. The molecule has 2 nitrogen and oxygen atoms in total. The highest BCUT2D eigenvalue weighted by Crippen LogP contribution is 2.44. The van der Waals surface area contributed by atoms with E-state index in [1.165, 1.54) is 44.9 Å². The van der Waals surface area contributed by atoms with Crippen molar-refractivity contribution >= 4 is 0 Å². The Labute approximate surface area is 86.0 Å². The van der Waals surface area contributed by atoms with Crippen molar-refractivity contribution in [1.82, 2.24) is 0 Å². The minimum absolute atomic E-state index is 0.141. The quantitative estimate of drug-likeness (QED) is 0.593. The first-order valence-corrected chi connectivity index (χ1v) is 6.24. The maximum Gasteiger partial charge on any atom is 0.169 e. The summed E-state index contributed by atoms with van der Waals surface area (Å²) in [5.74, 6) is -0.141. The minimum Gasteiger partial charge on any atom is -0.344 e. The van der Waals surface area contributed by atoms with Crippen LogP contribution in [-0.4, -0.2) is 18.0 Å². The normalized spacial score (nSPS) is 41.1. The zero-order valence-electron chi connectivity index (χ0n) is 8.84. The number of ether oxygens (including phenoxy) is 2. The number of hydrogen-bond donors (Lipinski definition) is 0. The fourth-order valence-electron chi connectivity index (χ4n) is 3.24. The van der Waals surface area contributed by atoms with E-state index in [4.69, 9.17) is 9.47 Å². The lowest BCUT2D eigenvalue weighted by Crippen LogP contribution is -2.33. The summed E-state index contributed by atoms with van der Waals surface area (Å²) in [6.45, 7) is 0. The van der Waals surface area contributed by atoms with Crippen LogP contribution in [0.1, 0.15) is 57.8 Å². The highest BCUT2D eigenvalue weighted by atomic mass is 16.8. The predicted molar refractivity (Wildman–Crippen MR) is 54.0 cm³/mol. The van der Waals surface area contributed by atoms with Crippen molar-refractivity contribution in [2.45, 2.75) is 75.8 Å². The largest absolute Gasteiger partial charge is 0.344 e. The van der Waals surface area contributed by atoms with Crippen molar-refractivity contribution < 1.29 is 9.47 Å². The van der Waals surface area contributed by atoms with Crippen LogP contribution in [0.3, 0.4) is 0 Å². The van der Waals surface area contributed by atoms with Crippen molar-refractivity contribution in [3.63, 3.8) is 0 Å². The molecule has 3 aliphatic rings. The number of hydrogen-bond acceptors (Lipinski definition) is 2. The second kappa shape index (κ2) is 3.49. The monoisotopic (exact) mass is 196 g/mol. The van der Waals surface area contributed by atoms with Crippen molar-refractivity contribution in [2.75, 3.05) is 0 Å². The molecule has 0 aromatic heterocycles. The smallest absolute Gasteiger partial charge is 0.169 e. The van der Waals surface area contributed by atoms with E-state index in [0.717, 1.165) is 12.8 Å². The second-order valence-corrected chi connectivity index (χ2v) is 5.07. The van der Waals surface area contributed by atoms with E-state index in [0.29, 0.717) is 12.2 Å². The van der Waals surface area contributed by atoms with Gasteiger partial charge in [-0.05, 0) is 25.7 Å². The number of fused-ring (bicyclic) bond motifs is 1. The summed E-state index contributed by atoms with van der Waals surface area (Å²) in [6.07, 6.45) is 12.2. The third-order valence-corrected chi connectivity index (χ3v) is 3.99. The van der Waals surface area contributed by atoms with Crippen LogP contribution in [0.25, 0.3) is 0 Å². The van der Waals surface area contributed by atoms with Crippen molar-refractivity contribution in [3.05, 3.63) is 0 Å². The van der Waals surface area contributed by atoms with Crippen LogP contribution in [0.2, 0.25) is 0 Å². The molecule has 3 fully saturated rings. The molecule has 0 N–H and O–H groups in total. The van der Waals surface area contributed by atoms with E-state index in [1.54, 1.807) is 0 Å². The molecule has 3 rings (SSSR count). The van der Waals surface area contributed by atoms with Gasteiger partial charge < -0.3 is 9.47 Å². The zero-order valence-corrected chi connectivity index (χ0v) is 8.84. The van der Waals surface area contributed by atoms with E-state index in [9.17, 15) is 0 Å². The highest BCUT2D eigenvalue weighted by Gasteiger charge is 2.48. The zero-order chi connectivity index (χ0) is 9.43. The van der Waals surface area contributed by atoms with Gasteiger partial charge in [0, 0.05) is 12.8 Å². The Morgan fingerprint density at radius 2 is 1.29 bits per heavy atom. The summed E-state index contributed by atoms with van der Waals surface area (Å²) in [5, 5.41) is 0. The summed E-state index contributed by atoms with van der Waals surface area (Å²) >= 11 is 0. The Kier molecular flexibility index (Phi) is 2.29. The Morgan fingerprint density at radius 3 is 1.86 bits per heavy atom. The van der Waals surface area contributed by atoms with Crippen molar-refractivity contribution in [1.29, 1.82) is 0 Å². The van der Waals surface area contributed by atoms with E-state index in [2.05, 4.69) is 0 Å². The summed E-state index contributed by atoms with van der Waals surface area (Å²) in [5.41, 5.74) is 0. The summed E-state index contributed by atoms with van der Waals surface area (Å²) in [4.78, 5) is 0. The van der Waals surface area contributed by atoms with Gasteiger partial charge >= 0.3 is 0 Å². The molecule has 0 aromatic carbocycles. The van der Waals surface area contributed by atoms with Gasteiger partial charge in [0.05, 0.1) is 12.2 Å².